The van der Waals surface area contributed by atoms with Crippen LogP contribution in [0.15, 0.2) is 59.1 Å². The van der Waals surface area contributed by atoms with E-state index in [1.165, 1.54) is 17.0 Å². The number of nitrogens with one attached hydrogen (secondary N) is 1. The summed E-state index contributed by atoms with van der Waals surface area (Å²) in [5, 5.41) is 2.68. The summed E-state index contributed by atoms with van der Waals surface area (Å²) in [7, 11) is 0. The molecule has 170 valence electrons. The van der Waals surface area contributed by atoms with Crippen LogP contribution in [0.3, 0.4) is 0 Å². The van der Waals surface area contributed by atoms with Gasteiger partial charge in [0, 0.05) is 10.2 Å². The van der Waals surface area contributed by atoms with Gasteiger partial charge in [-0.1, -0.05) is 35.0 Å². The predicted molar refractivity (Wildman–Crippen MR) is 127 cm³/mol. The Balaban J connectivity index is 1.36. The lowest BCUT2D eigenvalue weighted by molar-refractivity contribution is -0.123. The first kappa shape index (κ1) is 22.9. The molecule has 3 atom stereocenters. The molecular weight excluding hydrogens is 488 g/mol. The Morgan fingerprint density at radius 2 is 1.85 bits per heavy atom. The van der Waals surface area contributed by atoms with Crippen molar-refractivity contribution in [2.75, 3.05) is 16.8 Å². The molecule has 0 spiro atoms. The van der Waals surface area contributed by atoms with Crippen LogP contribution in [0, 0.1) is 24.7 Å². The van der Waals surface area contributed by atoms with Crippen LogP contribution in [-0.4, -0.2) is 30.3 Å². The minimum absolute atomic E-state index is 0.00641. The van der Waals surface area contributed by atoms with Crippen molar-refractivity contribution in [3.8, 4) is 0 Å². The number of allylic oxidation sites excluding steroid dienone is 2. The fourth-order valence-corrected chi connectivity index (χ4v) is 4.53. The molecular formula is C25H23BrN2O5. The highest BCUT2D eigenvalue weighted by Gasteiger charge is 2.50. The van der Waals surface area contributed by atoms with Gasteiger partial charge in [-0.05, 0) is 67.3 Å². The van der Waals surface area contributed by atoms with Gasteiger partial charge >= 0.3 is 5.97 Å². The first-order valence-corrected chi connectivity index (χ1v) is 11.4. The second kappa shape index (κ2) is 9.31. The molecule has 2 aromatic carbocycles. The molecule has 1 heterocycles. The van der Waals surface area contributed by atoms with Crippen LogP contribution >= 0.6 is 15.9 Å². The number of imide groups is 1. The van der Waals surface area contributed by atoms with Crippen molar-refractivity contribution < 1.29 is 23.9 Å². The van der Waals surface area contributed by atoms with Crippen molar-refractivity contribution in [2.24, 2.45) is 17.8 Å². The molecule has 0 unspecified atom stereocenters. The van der Waals surface area contributed by atoms with Crippen LogP contribution in [0.4, 0.5) is 11.4 Å². The molecule has 4 rings (SSSR count). The zero-order valence-electron chi connectivity index (χ0n) is 18.2. The SMILES string of the molecule is Cc1cc(NC(=O)COC(=O)c2ccc(N3C(=O)[C@H]4[C@@H](C)C=CC[C@H]4C3=O)cc2)ccc1Br. The van der Waals surface area contributed by atoms with E-state index in [1.807, 2.05) is 32.1 Å². The highest BCUT2D eigenvalue weighted by atomic mass is 79.9. The van der Waals surface area contributed by atoms with Crippen LogP contribution in [0.1, 0.15) is 29.3 Å². The quantitative estimate of drug-likeness (QED) is 0.368. The molecule has 0 aromatic heterocycles. The smallest absolute Gasteiger partial charge is 0.338 e. The lowest BCUT2D eigenvalue weighted by atomic mass is 9.78. The summed E-state index contributed by atoms with van der Waals surface area (Å²) in [4.78, 5) is 51.4. The van der Waals surface area contributed by atoms with Gasteiger partial charge < -0.3 is 10.1 Å². The third-order valence-corrected chi connectivity index (χ3v) is 6.90. The number of carbonyl (C=O) groups is 4. The number of carbonyl (C=O) groups excluding carboxylic acids is 4. The van der Waals surface area contributed by atoms with Gasteiger partial charge in [0.1, 0.15) is 0 Å². The van der Waals surface area contributed by atoms with Gasteiger partial charge in [-0.25, -0.2) is 4.79 Å². The summed E-state index contributed by atoms with van der Waals surface area (Å²) in [6.45, 7) is 3.40. The molecule has 8 heteroatoms. The van der Waals surface area contributed by atoms with Gasteiger partial charge in [0.15, 0.2) is 6.61 Å². The van der Waals surface area contributed by atoms with Crippen LogP contribution in [0.2, 0.25) is 0 Å². The maximum absolute atomic E-state index is 12.9. The number of aryl methyl sites for hydroxylation is 1. The summed E-state index contributed by atoms with van der Waals surface area (Å²) >= 11 is 3.40. The highest BCUT2D eigenvalue weighted by molar-refractivity contribution is 9.10. The van der Waals surface area contributed by atoms with E-state index in [0.717, 1.165) is 10.0 Å². The summed E-state index contributed by atoms with van der Waals surface area (Å²) in [6.07, 6.45) is 4.49. The van der Waals surface area contributed by atoms with E-state index in [0.29, 0.717) is 17.8 Å². The van der Waals surface area contributed by atoms with E-state index in [2.05, 4.69) is 21.2 Å². The predicted octanol–water partition coefficient (Wildman–Crippen LogP) is 4.25. The summed E-state index contributed by atoms with van der Waals surface area (Å²) in [5.74, 6) is -2.23. The molecule has 2 aromatic rings. The molecule has 1 N–H and O–H groups in total. The van der Waals surface area contributed by atoms with Crippen LogP contribution in [0.5, 0.6) is 0 Å². The van der Waals surface area contributed by atoms with Crippen LogP contribution in [-0.2, 0) is 19.1 Å². The number of nitrogens with zero attached hydrogens (tertiary/aromatic N) is 1. The highest BCUT2D eigenvalue weighted by Crippen LogP contribution is 2.40. The van der Waals surface area contributed by atoms with E-state index in [-0.39, 0.29) is 35.1 Å². The number of benzene rings is 2. The molecule has 1 fully saturated rings. The number of fused-ring (bicyclic) bond motifs is 1. The van der Waals surface area contributed by atoms with E-state index < -0.39 is 18.5 Å². The van der Waals surface area contributed by atoms with Gasteiger partial charge in [-0.15, -0.1) is 0 Å². The number of rotatable bonds is 5. The standard InChI is InChI=1S/C25H23BrN2O5/c1-14-4-3-5-19-22(14)24(31)28(23(19)30)18-9-6-16(7-10-18)25(32)33-13-21(29)27-17-8-11-20(26)15(2)12-17/h3-4,6-12,14,19,22H,5,13H2,1-2H3,(H,27,29)/t14-,19+,22-/m0/s1. The van der Waals surface area contributed by atoms with Crippen molar-refractivity contribution in [3.05, 3.63) is 70.2 Å². The van der Waals surface area contributed by atoms with Crippen LogP contribution in [0.25, 0.3) is 0 Å². The molecule has 1 saturated heterocycles. The average molecular weight is 511 g/mol. The third-order valence-electron chi connectivity index (χ3n) is 6.01. The fraction of sp³-hybridized carbons (Fsp3) is 0.280. The van der Waals surface area contributed by atoms with Gasteiger partial charge in [-0.3, -0.25) is 19.3 Å². The Morgan fingerprint density at radius 3 is 2.52 bits per heavy atom. The number of esters is 1. The molecule has 0 bridgehead atoms. The Bertz CT molecular complexity index is 1160. The zero-order chi connectivity index (χ0) is 23.7. The first-order chi connectivity index (χ1) is 15.8. The zero-order valence-corrected chi connectivity index (χ0v) is 19.8. The molecule has 3 amide bonds. The Kier molecular flexibility index (Phi) is 6.47. The molecule has 0 radical (unpaired) electrons. The van der Waals surface area contributed by atoms with Crippen molar-refractivity contribution in [3.63, 3.8) is 0 Å². The normalized spacial score (nSPS) is 21.7. The van der Waals surface area contributed by atoms with Crippen molar-refractivity contribution in [1.82, 2.24) is 0 Å². The Hall–Kier alpha value is -3.26. The minimum atomic E-state index is -0.672. The Morgan fingerprint density at radius 1 is 1.12 bits per heavy atom. The van der Waals surface area contributed by atoms with Crippen molar-refractivity contribution in [2.45, 2.75) is 20.3 Å². The van der Waals surface area contributed by atoms with Gasteiger partial charge in [0.2, 0.25) is 11.8 Å². The minimum Gasteiger partial charge on any atom is -0.452 e. The molecule has 33 heavy (non-hydrogen) atoms. The number of ether oxygens (including phenoxy) is 1. The average Bonchev–Trinajstić information content (AvgIpc) is 3.06. The number of amides is 3. The van der Waals surface area contributed by atoms with Crippen LogP contribution < -0.4 is 10.2 Å². The van der Waals surface area contributed by atoms with E-state index >= 15 is 0 Å². The number of hydrogen-bond acceptors (Lipinski definition) is 5. The van der Waals surface area contributed by atoms with Crippen molar-refractivity contribution in [1.29, 1.82) is 0 Å². The molecule has 0 saturated carbocycles. The van der Waals surface area contributed by atoms with Crippen molar-refractivity contribution >= 4 is 51.0 Å². The number of halogens is 1. The molecule has 1 aliphatic heterocycles. The van der Waals surface area contributed by atoms with Gasteiger partial charge in [0.25, 0.3) is 5.91 Å². The monoisotopic (exact) mass is 510 g/mol. The summed E-state index contributed by atoms with van der Waals surface area (Å²) in [5.41, 5.74) is 2.21. The molecule has 2 aliphatic rings. The summed E-state index contributed by atoms with van der Waals surface area (Å²) in [6, 6.07) is 11.4. The molecule has 7 nitrogen and oxygen atoms in total. The van der Waals surface area contributed by atoms with Gasteiger partial charge in [0.05, 0.1) is 23.1 Å². The van der Waals surface area contributed by atoms with E-state index in [4.69, 9.17) is 4.74 Å². The lowest BCUT2D eigenvalue weighted by Gasteiger charge is -2.22. The Labute approximate surface area is 199 Å². The second-order valence-electron chi connectivity index (χ2n) is 8.30. The number of anilines is 2. The summed E-state index contributed by atoms with van der Waals surface area (Å²) < 4.78 is 6.03. The van der Waals surface area contributed by atoms with E-state index in [1.54, 1.807) is 24.3 Å². The fourth-order valence-electron chi connectivity index (χ4n) is 4.28. The third kappa shape index (κ3) is 4.61. The molecule has 1 aliphatic carbocycles. The first-order valence-electron chi connectivity index (χ1n) is 10.6. The maximum Gasteiger partial charge on any atom is 0.338 e. The largest absolute Gasteiger partial charge is 0.452 e. The maximum atomic E-state index is 12.9. The van der Waals surface area contributed by atoms with E-state index in [9.17, 15) is 19.2 Å². The number of hydrogen-bond donors (Lipinski definition) is 1. The lowest BCUT2D eigenvalue weighted by Crippen LogP contribution is -2.31. The second-order valence-corrected chi connectivity index (χ2v) is 9.16. The topological polar surface area (TPSA) is 92.8 Å². The van der Waals surface area contributed by atoms with Gasteiger partial charge in [-0.2, -0.15) is 0 Å².